The molecule has 2 aromatic rings. The van der Waals surface area contributed by atoms with E-state index in [1.807, 2.05) is 6.92 Å². The molecule has 178 valence electrons. The lowest BCUT2D eigenvalue weighted by molar-refractivity contribution is 0.0641. The highest BCUT2D eigenvalue weighted by Gasteiger charge is 2.36. The van der Waals surface area contributed by atoms with E-state index in [2.05, 4.69) is 5.32 Å². The van der Waals surface area contributed by atoms with Gasteiger partial charge in [-0.3, -0.25) is 4.31 Å². The van der Waals surface area contributed by atoms with E-state index in [4.69, 9.17) is 26.8 Å². The van der Waals surface area contributed by atoms with Gasteiger partial charge in [0.2, 0.25) is 10.0 Å². The predicted molar refractivity (Wildman–Crippen MR) is 126 cm³/mol. The van der Waals surface area contributed by atoms with Crippen LogP contribution in [0.15, 0.2) is 42.5 Å². The van der Waals surface area contributed by atoms with Crippen molar-refractivity contribution in [1.82, 2.24) is 5.32 Å². The molecule has 7 nitrogen and oxygen atoms in total. The lowest BCUT2D eigenvalue weighted by Gasteiger charge is -2.31. The zero-order valence-electron chi connectivity index (χ0n) is 18.6. The number of rotatable bonds is 13. The van der Waals surface area contributed by atoms with Gasteiger partial charge in [-0.15, -0.1) is 0 Å². The molecule has 0 heterocycles. The van der Waals surface area contributed by atoms with Gasteiger partial charge in [0, 0.05) is 31.3 Å². The molecule has 10 heteroatoms. The fraction of sp³-hybridized carbons (Fsp3) is 0.455. The summed E-state index contributed by atoms with van der Waals surface area (Å²) in [5, 5.41) is 2.32. The second-order valence-corrected chi connectivity index (χ2v) is 9.45. The lowest BCUT2D eigenvalue weighted by Crippen LogP contribution is -2.53. The summed E-state index contributed by atoms with van der Waals surface area (Å²) >= 11 is 6.05. The Bertz CT molecular complexity index is 957. The van der Waals surface area contributed by atoms with E-state index < -0.39 is 27.3 Å². The molecular weight excluding hydrogens is 457 g/mol. The quantitative estimate of drug-likeness (QED) is 0.420. The van der Waals surface area contributed by atoms with Gasteiger partial charge in [-0.2, -0.15) is 0 Å². The fourth-order valence-corrected chi connectivity index (χ4v) is 5.26. The number of nitrogens with one attached hydrogen (secondary N) is 1. The van der Waals surface area contributed by atoms with Crippen molar-refractivity contribution in [2.24, 2.45) is 5.73 Å². The van der Waals surface area contributed by atoms with Crippen LogP contribution in [0.4, 0.5) is 10.1 Å². The van der Waals surface area contributed by atoms with Crippen molar-refractivity contribution < 1.29 is 22.3 Å². The summed E-state index contributed by atoms with van der Waals surface area (Å²) < 4.78 is 53.4. The molecule has 32 heavy (non-hydrogen) atoms. The summed E-state index contributed by atoms with van der Waals surface area (Å²) in [6, 6.07) is 11.0. The van der Waals surface area contributed by atoms with Crippen LogP contribution in [-0.4, -0.2) is 46.1 Å². The standard InChI is InChI=1S/C22H31ClFN3O4S/c1-4-26-14-21(22(25)30-6-3)32(28,29)27(5-2)16-9-7-10-17(13-16)31-15-18-19(23)11-8-12-20(18)24/h7-13,21-22,26H,4-6,14-15,25H2,1-3H3. The monoisotopic (exact) mass is 487 g/mol. The first-order valence-electron chi connectivity index (χ1n) is 10.5. The van der Waals surface area contributed by atoms with Crippen LogP contribution in [0, 0.1) is 5.82 Å². The molecule has 2 unspecified atom stereocenters. The summed E-state index contributed by atoms with van der Waals surface area (Å²) in [4.78, 5) is 0. The van der Waals surface area contributed by atoms with E-state index in [9.17, 15) is 12.8 Å². The second-order valence-electron chi connectivity index (χ2n) is 6.96. The van der Waals surface area contributed by atoms with Crippen molar-refractivity contribution in [2.45, 2.75) is 38.9 Å². The summed E-state index contributed by atoms with van der Waals surface area (Å²) in [7, 11) is -3.87. The largest absolute Gasteiger partial charge is 0.489 e. The van der Waals surface area contributed by atoms with Crippen LogP contribution in [-0.2, 0) is 21.4 Å². The molecule has 0 radical (unpaired) electrons. The Balaban J connectivity index is 2.29. The van der Waals surface area contributed by atoms with Gasteiger partial charge >= 0.3 is 0 Å². The van der Waals surface area contributed by atoms with E-state index in [1.54, 1.807) is 44.2 Å². The number of hydrogen-bond donors (Lipinski definition) is 2. The minimum absolute atomic E-state index is 0.0912. The third-order valence-electron chi connectivity index (χ3n) is 4.85. The second kappa shape index (κ2) is 12.4. The van der Waals surface area contributed by atoms with E-state index >= 15 is 0 Å². The van der Waals surface area contributed by atoms with Crippen molar-refractivity contribution in [3.05, 3.63) is 58.9 Å². The van der Waals surface area contributed by atoms with Crippen molar-refractivity contribution in [3.63, 3.8) is 0 Å². The maximum absolute atomic E-state index is 14.0. The molecule has 0 spiro atoms. The zero-order chi connectivity index (χ0) is 23.7. The van der Waals surface area contributed by atoms with Crippen LogP contribution in [0.5, 0.6) is 5.75 Å². The van der Waals surface area contributed by atoms with Crippen molar-refractivity contribution in [1.29, 1.82) is 0 Å². The number of sulfonamides is 1. The topological polar surface area (TPSA) is 93.9 Å². The van der Waals surface area contributed by atoms with Crippen LogP contribution >= 0.6 is 11.6 Å². The van der Waals surface area contributed by atoms with Gasteiger partial charge < -0.3 is 20.5 Å². The number of anilines is 1. The Morgan fingerprint density at radius 2 is 1.91 bits per heavy atom. The Morgan fingerprint density at radius 3 is 2.53 bits per heavy atom. The number of benzene rings is 2. The first-order valence-corrected chi connectivity index (χ1v) is 12.4. The molecule has 3 N–H and O–H groups in total. The highest BCUT2D eigenvalue weighted by Crippen LogP contribution is 2.27. The fourth-order valence-electron chi connectivity index (χ4n) is 3.20. The van der Waals surface area contributed by atoms with Gasteiger partial charge in [-0.1, -0.05) is 30.7 Å². The first-order chi connectivity index (χ1) is 15.3. The van der Waals surface area contributed by atoms with Crippen molar-refractivity contribution >= 4 is 27.3 Å². The van der Waals surface area contributed by atoms with E-state index in [0.29, 0.717) is 24.6 Å². The molecule has 2 aromatic carbocycles. The maximum atomic E-state index is 14.0. The van der Waals surface area contributed by atoms with Crippen LogP contribution in [0.25, 0.3) is 0 Å². The van der Waals surface area contributed by atoms with Crippen LogP contribution < -0.4 is 20.1 Å². The first kappa shape index (κ1) is 26.3. The predicted octanol–water partition coefficient (Wildman–Crippen LogP) is 3.51. The third-order valence-corrected chi connectivity index (χ3v) is 7.49. The van der Waals surface area contributed by atoms with E-state index in [1.165, 1.54) is 16.4 Å². The minimum atomic E-state index is -3.87. The Morgan fingerprint density at radius 1 is 1.19 bits per heavy atom. The van der Waals surface area contributed by atoms with Gasteiger partial charge in [-0.25, -0.2) is 12.8 Å². The van der Waals surface area contributed by atoms with Crippen LogP contribution in [0.2, 0.25) is 5.02 Å². The smallest absolute Gasteiger partial charge is 0.243 e. The summed E-state index contributed by atoms with van der Waals surface area (Å²) in [6.07, 6.45) is -0.985. The zero-order valence-corrected chi connectivity index (χ0v) is 20.1. The minimum Gasteiger partial charge on any atom is -0.489 e. The van der Waals surface area contributed by atoms with Gasteiger partial charge in [-0.05, 0) is 44.7 Å². The average molecular weight is 488 g/mol. The number of nitrogens with two attached hydrogens (primary N) is 1. The van der Waals surface area contributed by atoms with E-state index in [0.717, 1.165) is 0 Å². The number of hydrogen-bond acceptors (Lipinski definition) is 6. The molecule has 0 fully saturated rings. The van der Waals surface area contributed by atoms with Crippen molar-refractivity contribution in [2.75, 3.05) is 30.5 Å². The molecular formula is C22H31ClFN3O4S. The Kier molecular flexibility index (Phi) is 10.2. The average Bonchev–Trinajstić information content (AvgIpc) is 2.74. The highest BCUT2D eigenvalue weighted by molar-refractivity contribution is 7.93. The SMILES string of the molecule is CCNCC(C(N)OCC)S(=O)(=O)N(CC)c1cccc(OCc2c(F)cccc2Cl)c1. The third kappa shape index (κ3) is 6.55. The lowest BCUT2D eigenvalue weighted by atomic mass is 10.2. The van der Waals surface area contributed by atoms with Gasteiger partial charge in [0.05, 0.1) is 10.7 Å². The number of nitrogens with zero attached hydrogens (tertiary/aromatic N) is 1. The van der Waals surface area contributed by atoms with E-state index in [-0.39, 0.29) is 30.3 Å². The molecule has 0 aliphatic heterocycles. The molecule has 0 aromatic heterocycles. The maximum Gasteiger partial charge on any atom is 0.243 e. The molecule has 0 amide bonds. The van der Waals surface area contributed by atoms with Crippen LogP contribution in [0.3, 0.4) is 0 Å². The molecule has 0 aliphatic carbocycles. The molecule has 2 atom stereocenters. The Hall–Kier alpha value is -1.91. The normalized spacial score (nSPS) is 13.6. The molecule has 0 saturated heterocycles. The molecule has 0 aliphatic rings. The van der Waals surface area contributed by atoms with Gasteiger partial charge in [0.15, 0.2) is 0 Å². The summed E-state index contributed by atoms with van der Waals surface area (Å²) in [5.74, 6) is -0.0876. The van der Waals surface area contributed by atoms with Crippen LogP contribution in [0.1, 0.15) is 26.3 Å². The highest BCUT2D eigenvalue weighted by atomic mass is 35.5. The van der Waals surface area contributed by atoms with Crippen molar-refractivity contribution in [3.8, 4) is 5.75 Å². The Labute approximate surface area is 194 Å². The molecule has 0 saturated carbocycles. The summed E-state index contributed by atoms with van der Waals surface area (Å²) in [5.41, 5.74) is 6.70. The molecule has 2 rings (SSSR count). The number of halogens is 2. The van der Waals surface area contributed by atoms with Gasteiger partial charge in [0.1, 0.15) is 29.7 Å². The molecule has 0 bridgehead atoms. The number of ether oxygens (including phenoxy) is 2. The van der Waals surface area contributed by atoms with Gasteiger partial charge in [0.25, 0.3) is 0 Å². The summed E-state index contributed by atoms with van der Waals surface area (Å²) in [6.45, 7) is 6.52.